The van der Waals surface area contributed by atoms with Crippen LogP contribution in [0.5, 0.6) is 0 Å². The Balaban J connectivity index is 2.21. The number of nitrogens with two attached hydrogens (primary N) is 1. The Morgan fingerprint density at radius 3 is 2.67 bits per heavy atom. The first-order valence-corrected chi connectivity index (χ1v) is 4.30. The quantitative estimate of drug-likeness (QED) is 0.601. The Morgan fingerprint density at radius 1 is 1.67 bits per heavy atom. The van der Waals surface area contributed by atoms with Crippen molar-refractivity contribution in [2.24, 2.45) is 16.6 Å². The summed E-state index contributed by atoms with van der Waals surface area (Å²) in [5.74, 6) is 0.949. The molecule has 1 atom stereocenters. The molecule has 3 N–H and O–H groups in total. The van der Waals surface area contributed by atoms with E-state index < -0.39 is 0 Å². The van der Waals surface area contributed by atoms with Gasteiger partial charge >= 0.3 is 6.03 Å². The molecule has 0 bridgehead atoms. The molecule has 0 aromatic carbocycles. The second kappa shape index (κ2) is 2.21. The Kier molecular flexibility index (Phi) is 1.40. The highest BCUT2D eigenvalue weighted by Gasteiger charge is 2.45. The summed E-state index contributed by atoms with van der Waals surface area (Å²) in [6.07, 6.45) is 3.53. The minimum Gasteiger partial charge on any atom is -0.385 e. The van der Waals surface area contributed by atoms with E-state index in [2.05, 4.69) is 10.3 Å². The number of aliphatic imine (C=N–C) groups is 1. The SMILES string of the molecule is CC1(C2CCC2)NC(=O)N=C1N. The molecule has 1 saturated carbocycles. The van der Waals surface area contributed by atoms with Gasteiger partial charge in [-0.3, -0.25) is 0 Å². The van der Waals surface area contributed by atoms with Gasteiger partial charge in [0.25, 0.3) is 0 Å². The number of rotatable bonds is 1. The summed E-state index contributed by atoms with van der Waals surface area (Å²) in [4.78, 5) is 14.6. The molecule has 1 unspecified atom stereocenters. The lowest BCUT2D eigenvalue weighted by Gasteiger charge is -2.39. The van der Waals surface area contributed by atoms with Crippen molar-refractivity contribution in [3.05, 3.63) is 0 Å². The van der Waals surface area contributed by atoms with Crippen LogP contribution in [0.4, 0.5) is 4.79 Å². The molecule has 2 aliphatic rings. The number of amides is 2. The molecule has 1 aliphatic carbocycles. The van der Waals surface area contributed by atoms with E-state index in [1.807, 2.05) is 6.92 Å². The molecule has 0 saturated heterocycles. The van der Waals surface area contributed by atoms with Crippen molar-refractivity contribution in [2.45, 2.75) is 31.7 Å². The zero-order valence-corrected chi connectivity index (χ0v) is 7.13. The summed E-state index contributed by atoms with van der Waals surface area (Å²) in [5.41, 5.74) is 5.33. The molecule has 66 valence electrons. The number of amidine groups is 1. The Morgan fingerprint density at radius 2 is 2.33 bits per heavy atom. The first-order chi connectivity index (χ1) is 5.63. The Labute approximate surface area is 71.2 Å². The first kappa shape index (κ1) is 7.58. The first-order valence-electron chi connectivity index (χ1n) is 4.30. The molecular formula is C8H13N3O. The van der Waals surface area contributed by atoms with Crippen LogP contribution in [0.1, 0.15) is 26.2 Å². The van der Waals surface area contributed by atoms with Crippen LogP contribution in [-0.4, -0.2) is 17.4 Å². The second-order valence-corrected chi connectivity index (χ2v) is 3.76. The van der Waals surface area contributed by atoms with Gasteiger partial charge in [-0.2, -0.15) is 4.99 Å². The third kappa shape index (κ3) is 0.838. The second-order valence-electron chi connectivity index (χ2n) is 3.76. The molecule has 0 spiro atoms. The van der Waals surface area contributed by atoms with Crippen LogP contribution in [0.2, 0.25) is 0 Å². The average molecular weight is 167 g/mol. The molecular weight excluding hydrogens is 154 g/mol. The van der Waals surface area contributed by atoms with E-state index in [0.29, 0.717) is 11.8 Å². The average Bonchev–Trinajstić information content (AvgIpc) is 2.02. The van der Waals surface area contributed by atoms with Crippen molar-refractivity contribution >= 4 is 11.9 Å². The fraction of sp³-hybridized carbons (Fsp3) is 0.750. The van der Waals surface area contributed by atoms with Crippen molar-refractivity contribution in [1.82, 2.24) is 5.32 Å². The summed E-state index contributed by atoms with van der Waals surface area (Å²) >= 11 is 0. The number of hydrogen-bond donors (Lipinski definition) is 2. The van der Waals surface area contributed by atoms with Gasteiger partial charge in [0, 0.05) is 0 Å². The minimum absolute atomic E-state index is 0.290. The molecule has 1 fully saturated rings. The van der Waals surface area contributed by atoms with E-state index in [-0.39, 0.29) is 11.6 Å². The van der Waals surface area contributed by atoms with Crippen molar-refractivity contribution < 1.29 is 4.79 Å². The molecule has 1 heterocycles. The fourth-order valence-electron chi connectivity index (χ4n) is 1.84. The number of hydrogen-bond acceptors (Lipinski definition) is 2. The topological polar surface area (TPSA) is 67.5 Å². The van der Waals surface area contributed by atoms with Gasteiger partial charge in [-0.05, 0) is 25.7 Å². The Hall–Kier alpha value is -1.06. The predicted octanol–water partition coefficient (Wildman–Crippen LogP) is 0.626. The lowest BCUT2D eigenvalue weighted by Crippen LogP contribution is -2.56. The number of nitrogens with one attached hydrogen (secondary N) is 1. The standard InChI is InChI=1S/C8H13N3O/c1-8(5-3-2-4-5)6(9)10-7(12)11-8/h5H,2-4H2,1H3,(H3,9,10,11,12). The normalized spacial score (nSPS) is 35.8. The maximum Gasteiger partial charge on any atom is 0.343 e. The van der Waals surface area contributed by atoms with Gasteiger partial charge in [-0.1, -0.05) is 6.42 Å². The van der Waals surface area contributed by atoms with Gasteiger partial charge in [0.1, 0.15) is 5.84 Å². The van der Waals surface area contributed by atoms with Crippen molar-refractivity contribution in [1.29, 1.82) is 0 Å². The van der Waals surface area contributed by atoms with Crippen molar-refractivity contribution in [2.75, 3.05) is 0 Å². The van der Waals surface area contributed by atoms with Crippen LogP contribution in [0.3, 0.4) is 0 Å². The summed E-state index contributed by atoms with van der Waals surface area (Å²) in [6, 6.07) is -0.290. The minimum atomic E-state index is -0.352. The van der Waals surface area contributed by atoms with Gasteiger partial charge in [-0.25, -0.2) is 4.79 Å². The summed E-state index contributed by atoms with van der Waals surface area (Å²) in [5, 5.41) is 2.81. The van der Waals surface area contributed by atoms with Crippen LogP contribution in [0, 0.1) is 5.92 Å². The molecule has 4 heteroatoms. The van der Waals surface area contributed by atoms with Crippen molar-refractivity contribution in [3.8, 4) is 0 Å². The highest BCUT2D eigenvalue weighted by molar-refractivity contribution is 6.05. The smallest absolute Gasteiger partial charge is 0.343 e. The van der Waals surface area contributed by atoms with Gasteiger partial charge in [0.15, 0.2) is 0 Å². The number of carbonyl (C=O) groups is 1. The number of urea groups is 1. The van der Waals surface area contributed by atoms with E-state index in [9.17, 15) is 4.79 Å². The van der Waals surface area contributed by atoms with Gasteiger partial charge in [0.2, 0.25) is 0 Å². The molecule has 0 aromatic rings. The highest BCUT2D eigenvalue weighted by Crippen LogP contribution is 2.37. The van der Waals surface area contributed by atoms with Crippen LogP contribution in [-0.2, 0) is 0 Å². The third-order valence-corrected chi connectivity index (χ3v) is 3.04. The summed E-state index contributed by atoms with van der Waals surface area (Å²) in [6.45, 7) is 1.96. The van der Waals surface area contributed by atoms with Gasteiger partial charge in [-0.15, -0.1) is 0 Å². The van der Waals surface area contributed by atoms with E-state index in [4.69, 9.17) is 5.73 Å². The number of carbonyl (C=O) groups excluding carboxylic acids is 1. The predicted molar refractivity (Wildman–Crippen MR) is 45.9 cm³/mol. The van der Waals surface area contributed by atoms with E-state index in [0.717, 1.165) is 12.8 Å². The zero-order chi connectivity index (χ0) is 8.77. The molecule has 2 amide bonds. The van der Waals surface area contributed by atoms with Crippen molar-refractivity contribution in [3.63, 3.8) is 0 Å². The van der Waals surface area contributed by atoms with Crippen LogP contribution >= 0.6 is 0 Å². The fourth-order valence-corrected chi connectivity index (χ4v) is 1.84. The lowest BCUT2D eigenvalue weighted by molar-refractivity contribution is 0.201. The van der Waals surface area contributed by atoms with Gasteiger partial charge < -0.3 is 11.1 Å². The third-order valence-electron chi connectivity index (χ3n) is 3.04. The van der Waals surface area contributed by atoms with Crippen LogP contribution in [0.25, 0.3) is 0 Å². The molecule has 12 heavy (non-hydrogen) atoms. The maximum absolute atomic E-state index is 10.9. The highest BCUT2D eigenvalue weighted by atomic mass is 16.2. The molecule has 4 nitrogen and oxygen atoms in total. The maximum atomic E-state index is 10.9. The summed E-state index contributed by atoms with van der Waals surface area (Å²) in [7, 11) is 0. The largest absolute Gasteiger partial charge is 0.385 e. The zero-order valence-electron chi connectivity index (χ0n) is 7.13. The van der Waals surface area contributed by atoms with Gasteiger partial charge in [0.05, 0.1) is 5.54 Å². The molecule has 2 rings (SSSR count). The lowest BCUT2D eigenvalue weighted by atomic mass is 9.71. The molecule has 1 aliphatic heterocycles. The monoisotopic (exact) mass is 167 g/mol. The van der Waals surface area contributed by atoms with E-state index in [1.165, 1.54) is 6.42 Å². The molecule has 0 aromatic heterocycles. The molecule has 0 radical (unpaired) electrons. The van der Waals surface area contributed by atoms with E-state index >= 15 is 0 Å². The summed E-state index contributed by atoms with van der Waals surface area (Å²) < 4.78 is 0. The van der Waals surface area contributed by atoms with E-state index in [1.54, 1.807) is 0 Å². The Bertz CT molecular complexity index is 257. The van der Waals surface area contributed by atoms with Crippen LogP contribution in [0.15, 0.2) is 4.99 Å². The number of nitrogens with zero attached hydrogens (tertiary/aromatic N) is 1. The van der Waals surface area contributed by atoms with Crippen LogP contribution < -0.4 is 11.1 Å².